The molecule has 1 amide bonds. The largest absolute Gasteiger partial charge is 0.487 e. The standard InChI is InChI=1S/C34H39FN6O5/c1-22-17-37-20-34(3,46-22)19-33(2,43)21-45-27-11-10-26-28(29(27)44-16-12-23-6-8-25(35)9-7-23)39-32(41-15-14-38-30(26)41)40-31(42)24-5-4-13-36-18-24/h4-11,13,18,22,37,43H,12,14-17,19-21H2,1-3H3,(H,39,40,42)/t22-,33+,34+/m0/s1. The van der Waals surface area contributed by atoms with Crippen LogP contribution >= 0.6 is 0 Å². The molecule has 3 aliphatic heterocycles. The third-order valence-electron chi connectivity index (χ3n) is 8.06. The first-order chi connectivity index (χ1) is 22.1. The molecule has 0 aliphatic carbocycles. The fraction of sp³-hybridized carbons (Fsp3) is 0.412. The zero-order valence-corrected chi connectivity index (χ0v) is 26.3. The summed E-state index contributed by atoms with van der Waals surface area (Å²) in [7, 11) is 0. The van der Waals surface area contributed by atoms with E-state index in [-0.39, 0.29) is 31.0 Å². The van der Waals surface area contributed by atoms with E-state index in [9.17, 15) is 14.3 Å². The number of amidine groups is 1. The molecule has 1 saturated heterocycles. The van der Waals surface area contributed by atoms with Crippen LogP contribution in [0.15, 0.2) is 70.9 Å². The van der Waals surface area contributed by atoms with Crippen molar-refractivity contribution < 1.29 is 28.5 Å². The van der Waals surface area contributed by atoms with Gasteiger partial charge in [-0.3, -0.25) is 25.0 Å². The van der Waals surface area contributed by atoms with Crippen molar-refractivity contribution in [2.45, 2.75) is 50.9 Å². The van der Waals surface area contributed by atoms with Gasteiger partial charge in [0.15, 0.2) is 11.5 Å². The summed E-state index contributed by atoms with van der Waals surface area (Å²) < 4.78 is 32.3. The molecule has 4 heterocycles. The number of pyridine rings is 1. The second-order valence-electron chi connectivity index (χ2n) is 12.5. The maximum atomic E-state index is 13.5. The van der Waals surface area contributed by atoms with Gasteiger partial charge in [0.1, 0.15) is 23.9 Å². The van der Waals surface area contributed by atoms with Gasteiger partial charge < -0.3 is 24.6 Å². The Morgan fingerprint density at radius 2 is 2.07 bits per heavy atom. The van der Waals surface area contributed by atoms with Crippen molar-refractivity contribution in [1.29, 1.82) is 0 Å². The van der Waals surface area contributed by atoms with E-state index in [4.69, 9.17) is 24.2 Å². The number of halogens is 1. The zero-order chi connectivity index (χ0) is 32.3. The van der Waals surface area contributed by atoms with Crippen LogP contribution in [-0.4, -0.2) is 89.4 Å². The Kier molecular flexibility index (Phi) is 9.03. The first-order valence-corrected chi connectivity index (χ1v) is 15.5. The fourth-order valence-corrected chi connectivity index (χ4v) is 6.14. The Morgan fingerprint density at radius 1 is 1.24 bits per heavy atom. The minimum absolute atomic E-state index is 0.0287. The van der Waals surface area contributed by atoms with Gasteiger partial charge in [0.25, 0.3) is 5.91 Å². The number of aromatic nitrogens is 1. The SMILES string of the molecule is C[C@H]1CNC[C@@](C)(C[C@@](C)(O)COc2ccc3c(c2OCCc2ccc(F)cc2)N=C(NC(=O)c2cccnc2)N2CCN=C32)O1. The van der Waals surface area contributed by atoms with E-state index in [0.29, 0.717) is 67.0 Å². The molecular weight excluding hydrogens is 591 g/mol. The van der Waals surface area contributed by atoms with Crippen LogP contribution in [0.3, 0.4) is 0 Å². The summed E-state index contributed by atoms with van der Waals surface area (Å²) in [5.74, 6) is 1.05. The number of rotatable bonds is 10. The highest BCUT2D eigenvalue weighted by molar-refractivity contribution is 6.20. The number of amides is 1. The second-order valence-corrected chi connectivity index (χ2v) is 12.5. The van der Waals surface area contributed by atoms with Gasteiger partial charge in [0.05, 0.1) is 36.0 Å². The topological polar surface area (TPSA) is 130 Å². The van der Waals surface area contributed by atoms with Crippen molar-refractivity contribution in [3.63, 3.8) is 0 Å². The van der Waals surface area contributed by atoms with E-state index >= 15 is 0 Å². The molecule has 46 heavy (non-hydrogen) atoms. The lowest BCUT2D eigenvalue weighted by Crippen LogP contribution is -2.55. The molecule has 242 valence electrons. The van der Waals surface area contributed by atoms with E-state index in [1.807, 2.05) is 24.8 Å². The number of aliphatic hydroxyl groups is 1. The predicted octanol–water partition coefficient (Wildman–Crippen LogP) is 3.62. The van der Waals surface area contributed by atoms with Crippen LogP contribution in [0, 0.1) is 5.82 Å². The van der Waals surface area contributed by atoms with E-state index in [1.54, 1.807) is 43.5 Å². The van der Waals surface area contributed by atoms with Gasteiger partial charge in [-0.25, -0.2) is 9.38 Å². The lowest BCUT2D eigenvalue weighted by molar-refractivity contribution is -0.140. The smallest absolute Gasteiger partial charge is 0.259 e. The van der Waals surface area contributed by atoms with Gasteiger partial charge in [-0.05, 0) is 62.7 Å². The number of aliphatic imine (C=N–C) groups is 2. The number of hydrogen-bond acceptors (Lipinski definition) is 10. The monoisotopic (exact) mass is 630 g/mol. The normalized spacial score (nSPS) is 21.8. The number of benzene rings is 2. The van der Waals surface area contributed by atoms with Crippen molar-refractivity contribution in [1.82, 2.24) is 20.5 Å². The minimum atomic E-state index is -1.23. The molecule has 3 aromatic rings. The van der Waals surface area contributed by atoms with Crippen molar-refractivity contribution >= 4 is 23.4 Å². The minimum Gasteiger partial charge on any atom is -0.487 e. The number of carbonyl (C=O) groups is 1. The Labute approximate surface area is 267 Å². The van der Waals surface area contributed by atoms with Crippen LogP contribution in [0.5, 0.6) is 11.5 Å². The van der Waals surface area contributed by atoms with Gasteiger partial charge in [0.2, 0.25) is 5.96 Å². The zero-order valence-electron chi connectivity index (χ0n) is 26.3. The molecule has 0 bridgehead atoms. The first-order valence-electron chi connectivity index (χ1n) is 15.5. The van der Waals surface area contributed by atoms with Crippen molar-refractivity contribution in [2.75, 3.05) is 39.4 Å². The third-order valence-corrected chi connectivity index (χ3v) is 8.06. The lowest BCUT2D eigenvalue weighted by Gasteiger charge is -2.42. The van der Waals surface area contributed by atoms with Crippen molar-refractivity contribution in [3.05, 3.63) is 83.4 Å². The summed E-state index contributed by atoms with van der Waals surface area (Å²) in [4.78, 5) is 28.6. The van der Waals surface area contributed by atoms with Crippen molar-refractivity contribution in [3.8, 4) is 11.5 Å². The average Bonchev–Trinajstić information content (AvgIpc) is 3.52. The number of hydrogen-bond donors (Lipinski definition) is 3. The van der Waals surface area contributed by atoms with Crippen molar-refractivity contribution in [2.24, 2.45) is 9.98 Å². The van der Waals surface area contributed by atoms with Gasteiger partial charge in [0, 0.05) is 50.4 Å². The van der Waals surface area contributed by atoms with Crippen LogP contribution in [0.2, 0.25) is 0 Å². The number of morpholine rings is 1. The number of fused-ring (bicyclic) bond motifs is 3. The summed E-state index contributed by atoms with van der Waals surface area (Å²) in [6, 6.07) is 13.3. The van der Waals surface area contributed by atoms with E-state index in [1.165, 1.54) is 18.3 Å². The summed E-state index contributed by atoms with van der Waals surface area (Å²) in [5, 5.41) is 17.7. The van der Waals surface area contributed by atoms with Crippen LogP contribution in [0.25, 0.3) is 0 Å². The highest BCUT2D eigenvalue weighted by Gasteiger charge is 2.39. The Morgan fingerprint density at radius 3 is 2.83 bits per heavy atom. The van der Waals surface area contributed by atoms with E-state index in [2.05, 4.69) is 15.6 Å². The van der Waals surface area contributed by atoms with Gasteiger partial charge >= 0.3 is 0 Å². The van der Waals surface area contributed by atoms with Gasteiger partial charge in [-0.15, -0.1) is 0 Å². The molecule has 2 aromatic carbocycles. The molecule has 0 saturated carbocycles. The molecule has 6 rings (SSSR count). The highest BCUT2D eigenvalue weighted by atomic mass is 19.1. The number of carbonyl (C=O) groups excluding carboxylic acids is 1. The molecule has 0 unspecified atom stereocenters. The fourth-order valence-electron chi connectivity index (χ4n) is 6.14. The quantitative estimate of drug-likeness (QED) is 0.310. The molecule has 3 atom stereocenters. The maximum Gasteiger partial charge on any atom is 0.259 e. The highest BCUT2D eigenvalue weighted by Crippen LogP contribution is 2.44. The van der Waals surface area contributed by atoms with Crippen LogP contribution in [0.4, 0.5) is 10.1 Å². The molecular formula is C34H39FN6O5. The molecule has 3 N–H and O–H groups in total. The van der Waals surface area contributed by atoms with E-state index < -0.39 is 11.2 Å². The predicted molar refractivity (Wildman–Crippen MR) is 172 cm³/mol. The molecule has 1 aromatic heterocycles. The molecule has 1 fully saturated rings. The summed E-state index contributed by atoms with van der Waals surface area (Å²) in [6.07, 6.45) is 3.97. The third kappa shape index (κ3) is 7.19. The number of guanidine groups is 1. The van der Waals surface area contributed by atoms with Crippen LogP contribution < -0.4 is 20.1 Å². The summed E-state index contributed by atoms with van der Waals surface area (Å²) in [6.45, 7) is 8.38. The molecule has 3 aliphatic rings. The summed E-state index contributed by atoms with van der Waals surface area (Å²) >= 11 is 0. The molecule has 0 spiro atoms. The Bertz CT molecular complexity index is 1630. The molecule has 12 heteroatoms. The van der Waals surface area contributed by atoms with Crippen LogP contribution in [-0.2, 0) is 11.2 Å². The van der Waals surface area contributed by atoms with E-state index in [0.717, 1.165) is 17.7 Å². The average molecular weight is 631 g/mol. The number of ether oxygens (including phenoxy) is 3. The molecule has 11 nitrogen and oxygen atoms in total. The number of nitrogens with zero attached hydrogens (tertiary/aromatic N) is 4. The number of nitrogens with one attached hydrogen (secondary N) is 2. The van der Waals surface area contributed by atoms with Gasteiger partial charge in [-0.1, -0.05) is 12.1 Å². The second kappa shape index (κ2) is 13.1. The van der Waals surface area contributed by atoms with Gasteiger partial charge in [-0.2, -0.15) is 0 Å². The Hall–Kier alpha value is -4.39. The molecule has 0 radical (unpaired) electrons. The maximum absolute atomic E-state index is 13.5. The van der Waals surface area contributed by atoms with Crippen LogP contribution in [0.1, 0.15) is 48.7 Å². The summed E-state index contributed by atoms with van der Waals surface area (Å²) in [5.41, 5.74) is 0.687. The Balaban J connectivity index is 1.29. The lowest BCUT2D eigenvalue weighted by atomic mass is 9.88. The first kappa shape index (κ1) is 31.6.